The Hall–Kier alpha value is -1.55. The van der Waals surface area contributed by atoms with Crippen LogP contribution in [-0.4, -0.2) is 20.1 Å². The molecule has 0 fully saturated rings. The lowest BCUT2D eigenvalue weighted by atomic mass is 9.96. The minimum atomic E-state index is -0.138. The van der Waals surface area contributed by atoms with E-state index in [0.717, 1.165) is 11.3 Å². The van der Waals surface area contributed by atoms with Gasteiger partial charge in [-0.3, -0.25) is 9.63 Å². The normalized spacial score (nSPS) is 11.9. The number of carbonyl (C=O) groups excluding carboxylic acids is 1. The number of methoxy groups -OCH3 is 1. The summed E-state index contributed by atoms with van der Waals surface area (Å²) in [5, 5.41) is 0. The smallest absolute Gasteiger partial charge is 0.244 e. The molecule has 0 radical (unpaired) electrons. The minimum Gasteiger partial charge on any atom is -0.496 e. The molecule has 0 aliphatic rings. The Morgan fingerprint density at radius 3 is 2.69 bits per heavy atom. The van der Waals surface area contributed by atoms with E-state index in [1.165, 1.54) is 7.11 Å². The van der Waals surface area contributed by atoms with Gasteiger partial charge >= 0.3 is 0 Å². The summed E-state index contributed by atoms with van der Waals surface area (Å²) < 4.78 is 5.25. The summed E-state index contributed by atoms with van der Waals surface area (Å²) in [6.07, 6.45) is 0.369. The number of rotatable bonds is 5. The molecular weight excluding hydrogens is 206 g/mol. The summed E-state index contributed by atoms with van der Waals surface area (Å²) in [5.41, 5.74) is 3.33. The van der Waals surface area contributed by atoms with Crippen LogP contribution in [0.2, 0.25) is 0 Å². The summed E-state index contributed by atoms with van der Waals surface area (Å²) in [7, 11) is 3.05. The van der Waals surface area contributed by atoms with Gasteiger partial charge in [-0.1, -0.05) is 25.1 Å². The van der Waals surface area contributed by atoms with Crippen molar-refractivity contribution in [3.05, 3.63) is 29.8 Å². The fourth-order valence-electron chi connectivity index (χ4n) is 1.62. The van der Waals surface area contributed by atoms with E-state index in [1.54, 1.807) is 7.11 Å². The molecule has 1 rings (SSSR count). The lowest BCUT2D eigenvalue weighted by Gasteiger charge is -2.14. The van der Waals surface area contributed by atoms with Crippen molar-refractivity contribution in [3.8, 4) is 5.75 Å². The minimum absolute atomic E-state index is 0.0892. The zero-order valence-corrected chi connectivity index (χ0v) is 9.82. The van der Waals surface area contributed by atoms with Crippen molar-refractivity contribution in [2.45, 2.75) is 19.3 Å². The maximum Gasteiger partial charge on any atom is 0.244 e. The molecule has 0 aliphatic carbocycles. The number of benzene rings is 1. The van der Waals surface area contributed by atoms with E-state index in [4.69, 9.17) is 4.74 Å². The first-order chi connectivity index (χ1) is 7.69. The molecule has 88 valence electrons. The average molecular weight is 223 g/mol. The molecule has 1 aromatic rings. The number of hydroxylamine groups is 1. The van der Waals surface area contributed by atoms with Gasteiger partial charge in [0.25, 0.3) is 0 Å². The maximum absolute atomic E-state index is 11.3. The number of nitrogens with one attached hydrogen (secondary N) is 1. The number of carbonyl (C=O) groups is 1. The van der Waals surface area contributed by atoms with Gasteiger partial charge in [-0.2, -0.15) is 0 Å². The summed E-state index contributed by atoms with van der Waals surface area (Å²) >= 11 is 0. The standard InChI is InChI=1S/C12H17NO3/c1-9(8-12(14)13-16-3)10-6-4-5-7-11(10)15-2/h4-7,9H,8H2,1-3H3,(H,13,14)/t9-/m1/s1. The molecule has 4 nitrogen and oxygen atoms in total. The van der Waals surface area contributed by atoms with Crippen LogP contribution in [0.4, 0.5) is 0 Å². The second-order valence-electron chi connectivity index (χ2n) is 3.58. The van der Waals surface area contributed by atoms with E-state index in [2.05, 4.69) is 10.3 Å². The van der Waals surface area contributed by atoms with Gasteiger partial charge in [-0.25, -0.2) is 5.48 Å². The molecule has 0 saturated heterocycles. The van der Waals surface area contributed by atoms with Crippen molar-refractivity contribution in [1.29, 1.82) is 0 Å². The summed E-state index contributed by atoms with van der Waals surface area (Å²) in [6.45, 7) is 1.98. The monoisotopic (exact) mass is 223 g/mol. The zero-order valence-electron chi connectivity index (χ0n) is 9.82. The molecule has 0 spiro atoms. The van der Waals surface area contributed by atoms with Gasteiger partial charge in [0.2, 0.25) is 5.91 Å². The highest BCUT2D eigenvalue weighted by Gasteiger charge is 2.14. The molecule has 0 aliphatic heterocycles. The summed E-state index contributed by atoms with van der Waals surface area (Å²) in [6, 6.07) is 7.69. The predicted octanol–water partition coefficient (Wildman–Crippen LogP) is 1.87. The Morgan fingerprint density at radius 1 is 1.38 bits per heavy atom. The molecule has 1 N–H and O–H groups in total. The second kappa shape index (κ2) is 6.12. The number of ether oxygens (including phenoxy) is 1. The molecule has 4 heteroatoms. The maximum atomic E-state index is 11.3. The van der Waals surface area contributed by atoms with E-state index in [1.807, 2.05) is 31.2 Å². The Balaban J connectivity index is 2.72. The molecule has 0 bridgehead atoms. The topological polar surface area (TPSA) is 47.6 Å². The third-order valence-electron chi connectivity index (χ3n) is 2.38. The lowest BCUT2D eigenvalue weighted by Crippen LogP contribution is -2.23. The third-order valence-corrected chi connectivity index (χ3v) is 2.38. The lowest BCUT2D eigenvalue weighted by molar-refractivity contribution is -0.131. The number of hydrogen-bond acceptors (Lipinski definition) is 3. The van der Waals surface area contributed by atoms with Crippen LogP contribution in [0.25, 0.3) is 0 Å². The van der Waals surface area contributed by atoms with Crippen molar-refractivity contribution in [2.75, 3.05) is 14.2 Å². The van der Waals surface area contributed by atoms with Gasteiger partial charge in [0.15, 0.2) is 0 Å². The quantitative estimate of drug-likeness (QED) is 0.775. The van der Waals surface area contributed by atoms with Gasteiger partial charge in [-0.15, -0.1) is 0 Å². The van der Waals surface area contributed by atoms with Crippen LogP contribution < -0.4 is 10.2 Å². The van der Waals surface area contributed by atoms with E-state index in [9.17, 15) is 4.79 Å². The van der Waals surface area contributed by atoms with Crippen molar-refractivity contribution >= 4 is 5.91 Å². The molecule has 0 unspecified atom stereocenters. The largest absolute Gasteiger partial charge is 0.496 e. The Morgan fingerprint density at radius 2 is 2.06 bits per heavy atom. The first-order valence-electron chi connectivity index (χ1n) is 5.13. The third kappa shape index (κ3) is 3.24. The zero-order chi connectivity index (χ0) is 12.0. The Bertz CT molecular complexity index is 352. The molecular formula is C12H17NO3. The summed E-state index contributed by atoms with van der Waals surface area (Å²) in [4.78, 5) is 15.9. The van der Waals surface area contributed by atoms with E-state index >= 15 is 0 Å². The molecule has 1 amide bonds. The van der Waals surface area contributed by atoms with Crippen molar-refractivity contribution in [1.82, 2.24) is 5.48 Å². The number of hydrogen-bond donors (Lipinski definition) is 1. The van der Waals surface area contributed by atoms with Crippen LogP contribution in [0.1, 0.15) is 24.8 Å². The van der Waals surface area contributed by atoms with Gasteiger partial charge in [0.05, 0.1) is 14.2 Å². The molecule has 1 aromatic carbocycles. The summed E-state index contributed by atoms with van der Waals surface area (Å²) in [5.74, 6) is 0.757. The van der Waals surface area contributed by atoms with Gasteiger partial charge in [0.1, 0.15) is 5.75 Å². The number of amides is 1. The van der Waals surface area contributed by atoms with Crippen LogP contribution >= 0.6 is 0 Å². The molecule has 0 heterocycles. The highest BCUT2D eigenvalue weighted by molar-refractivity contribution is 5.75. The fraction of sp³-hybridized carbons (Fsp3) is 0.417. The van der Waals surface area contributed by atoms with Crippen LogP contribution in [0.3, 0.4) is 0 Å². The first-order valence-corrected chi connectivity index (χ1v) is 5.13. The van der Waals surface area contributed by atoms with Crippen LogP contribution in [0.5, 0.6) is 5.75 Å². The van der Waals surface area contributed by atoms with Crippen LogP contribution in [-0.2, 0) is 9.63 Å². The Kier molecular flexibility index (Phi) is 4.79. The van der Waals surface area contributed by atoms with E-state index in [-0.39, 0.29) is 11.8 Å². The predicted molar refractivity (Wildman–Crippen MR) is 61.2 cm³/mol. The van der Waals surface area contributed by atoms with Gasteiger partial charge in [0, 0.05) is 6.42 Å². The fourth-order valence-corrected chi connectivity index (χ4v) is 1.62. The van der Waals surface area contributed by atoms with Crippen molar-refractivity contribution in [2.24, 2.45) is 0 Å². The Labute approximate surface area is 95.5 Å². The highest BCUT2D eigenvalue weighted by atomic mass is 16.6. The SMILES string of the molecule is CONC(=O)C[C@@H](C)c1ccccc1OC. The van der Waals surface area contributed by atoms with Gasteiger partial charge < -0.3 is 4.74 Å². The second-order valence-corrected chi connectivity index (χ2v) is 3.58. The first kappa shape index (κ1) is 12.5. The van der Waals surface area contributed by atoms with Crippen LogP contribution in [0.15, 0.2) is 24.3 Å². The molecule has 0 aromatic heterocycles. The van der Waals surface area contributed by atoms with Crippen molar-refractivity contribution < 1.29 is 14.4 Å². The van der Waals surface area contributed by atoms with E-state index < -0.39 is 0 Å². The highest BCUT2D eigenvalue weighted by Crippen LogP contribution is 2.28. The number of para-hydroxylation sites is 1. The van der Waals surface area contributed by atoms with E-state index in [0.29, 0.717) is 6.42 Å². The molecule has 0 saturated carbocycles. The van der Waals surface area contributed by atoms with Gasteiger partial charge in [-0.05, 0) is 17.5 Å². The average Bonchev–Trinajstić information content (AvgIpc) is 2.29. The molecule has 16 heavy (non-hydrogen) atoms. The van der Waals surface area contributed by atoms with Crippen LogP contribution in [0, 0.1) is 0 Å². The van der Waals surface area contributed by atoms with Crippen molar-refractivity contribution in [3.63, 3.8) is 0 Å². The molecule has 1 atom stereocenters.